The summed E-state index contributed by atoms with van der Waals surface area (Å²) < 4.78 is 0. The molecule has 5 N–H and O–H groups in total. The van der Waals surface area contributed by atoms with Crippen LogP contribution < -0.4 is 16.8 Å². The van der Waals surface area contributed by atoms with E-state index in [0.29, 0.717) is 18.5 Å². The van der Waals surface area contributed by atoms with Gasteiger partial charge in [0.05, 0.1) is 11.0 Å². The van der Waals surface area contributed by atoms with Gasteiger partial charge in [0.1, 0.15) is 17.0 Å². The smallest absolute Gasteiger partial charge is 0.138 e. The summed E-state index contributed by atoms with van der Waals surface area (Å²) >= 11 is 1.71. The number of nitrogens with two attached hydrogens (primary N) is 2. The molecular weight excluding hydrogens is 320 g/mol. The quantitative estimate of drug-likeness (QED) is 0.732. The summed E-state index contributed by atoms with van der Waals surface area (Å²) in [6.07, 6.45) is 7.93. The standard InChI is InChI=1S/C17H26N6S/c1-23(2)11-5-3-10(4-6-11)22-15-14-12-7-17(18,19)8-13(12)24-16(14)21-9-20-15/h9-11H,3-8,18-19H2,1-2H3,(H,20,21,22). The van der Waals surface area contributed by atoms with Crippen LogP contribution >= 0.6 is 11.3 Å². The van der Waals surface area contributed by atoms with Crippen LogP contribution in [0.4, 0.5) is 5.82 Å². The van der Waals surface area contributed by atoms with Crippen molar-refractivity contribution in [2.45, 2.75) is 56.3 Å². The summed E-state index contributed by atoms with van der Waals surface area (Å²) in [5.41, 5.74) is 13.0. The Morgan fingerprint density at radius 2 is 1.92 bits per heavy atom. The van der Waals surface area contributed by atoms with Gasteiger partial charge < -0.3 is 21.7 Å². The van der Waals surface area contributed by atoms with Crippen LogP contribution in [0.2, 0.25) is 0 Å². The Hall–Kier alpha value is -1.28. The number of rotatable bonds is 3. The summed E-state index contributed by atoms with van der Waals surface area (Å²) in [5.74, 6) is 0.962. The average molecular weight is 347 g/mol. The molecule has 0 bridgehead atoms. The average Bonchev–Trinajstić information content (AvgIpc) is 2.99. The monoisotopic (exact) mass is 346 g/mol. The van der Waals surface area contributed by atoms with E-state index in [9.17, 15) is 0 Å². The van der Waals surface area contributed by atoms with E-state index in [1.54, 1.807) is 17.7 Å². The van der Waals surface area contributed by atoms with Gasteiger partial charge in [-0.2, -0.15) is 0 Å². The minimum absolute atomic E-state index is 0.483. The number of aromatic nitrogens is 2. The number of thiophene rings is 1. The first kappa shape index (κ1) is 16.2. The first-order valence-electron chi connectivity index (χ1n) is 8.69. The van der Waals surface area contributed by atoms with Crippen molar-refractivity contribution in [2.75, 3.05) is 19.4 Å². The van der Waals surface area contributed by atoms with Gasteiger partial charge in [0.2, 0.25) is 0 Å². The van der Waals surface area contributed by atoms with Gasteiger partial charge in [-0.1, -0.05) is 0 Å². The zero-order valence-electron chi connectivity index (χ0n) is 14.4. The highest BCUT2D eigenvalue weighted by Gasteiger charge is 2.34. The predicted molar refractivity (Wildman–Crippen MR) is 99.3 cm³/mol. The van der Waals surface area contributed by atoms with Gasteiger partial charge in [-0.3, -0.25) is 0 Å². The second-order valence-electron chi connectivity index (χ2n) is 7.61. The highest BCUT2D eigenvalue weighted by molar-refractivity contribution is 7.19. The molecule has 0 atom stereocenters. The maximum absolute atomic E-state index is 6.16. The number of hydrogen-bond donors (Lipinski definition) is 3. The molecular formula is C17H26N6S. The third-order valence-corrected chi connectivity index (χ3v) is 6.57. The maximum Gasteiger partial charge on any atom is 0.138 e. The van der Waals surface area contributed by atoms with Crippen LogP contribution in [0.25, 0.3) is 10.2 Å². The Kier molecular flexibility index (Phi) is 3.99. The molecule has 1 saturated carbocycles. The normalized spacial score (nSPS) is 26.0. The molecule has 0 aliphatic heterocycles. The molecule has 0 aromatic carbocycles. The molecule has 24 heavy (non-hydrogen) atoms. The number of anilines is 1. The van der Waals surface area contributed by atoms with E-state index in [1.165, 1.54) is 36.1 Å². The number of nitrogens with one attached hydrogen (secondary N) is 1. The van der Waals surface area contributed by atoms with Crippen molar-refractivity contribution in [3.63, 3.8) is 0 Å². The Balaban J connectivity index is 1.57. The molecule has 4 rings (SSSR count). The van der Waals surface area contributed by atoms with Crippen LogP contribution in [0.1, 0.15) is 36.1 Å². The van der Waals surface area contributed by atoms with Crippen molar-refractivity contribution in [1.29, 1.82) is 0 Å². The van der Waals surface area contributed by atoms with Crippen molar-refractivity contribution in [3.8, 4) is 0 Å². The van der Waals surface area contributed by atoms with Crippen molar-refractivity contribution in [1.82, 2.24) is 14.9 Å². The summed E-state index contributed by atoms with van der Waals surface area (Å²) in [4.78, 5) is 13.7. The lowest BCUT2D eigenvalue weighted by Gasteiger charge is -2.33. The highest BCUT2D eigenvalue weighted by atomic mass is 32.1. The fraction of sp³-hybridized carbons (Fsp3) is 0.647. The van der Waals surface area contributed by atoms with Gasteiger partial charge >= 0.3 is 0 Å². The molecule has 0 unspecified atom stereocenters. The van der Waals surface area contributed by atoms with E-state index in [1.807, 2.05) is 0 Å². The lowest BCUT2D eigenvalue weighted by molar-refractivity contribution is 0.221. The Labute approximate surface area is 146 Å². The topological polar surface area (TPSA) is 93.1 Å². The van der Waals surface area contributed by atoms with Gasteiger partial charge in [-0.25, -0.2) is 9.97 Å². The molecule has 0 spiro atoms. The third kappa shape index (κ3) is 2.90. The number of hydrogen-bond acceptors (Lipinski definition) is 7. The van der Waals surface area contributed by atoms with Crippen LogP contribution in [-0.2, 0) is 12.8 Å². The van der Waals surface area contributed by atoms with Crippen LogP contribution in [0, 0.1) is 0 Å². The summed E-state index contributed by atoms with van der Waals surface area (Å²) in [7, 11) is 4.35. The molecule has 7 heteroatoms. The van der Waals surface area contributed by atoms with Crippen molar-refractivity contribution in [2.24, 2.45) is 11.5 Å². The van der Waals surface area contributed by atoms with Gasteiger partial charge in [0.15, 0.2) is 0 Å². The molecule has 2 aromatic heterocycles. The molecule has 0 amide bonds. The largest absolute Gasteiger partial charge is 0.367 e. The van der Waals surface area contributed by atoms with Crippen molar-refractivity contribution < 1.29 is 0 Å². The van der Waals surface area contributed by atoms with Gasteiger partial charge in [-0.05, 0) is 45.3 Å². The first-order valence-corrected chi connectivity index (χ1v) is 9.50. The fourth-order valence-electron chi connectivity index (χ4n) is 4.10. The molecule has 0 radical (unpaired) electrons. The second kappa shape index (κ2) is 5.91. The zero-order chi connectivity index (χ0) is 16.9. The van der Waals surface area contributed by atoms with E-state index in [-0.39, 0.29) is 0 Å². The van der Waals surface area contributed by atoms with E-state index < -0.39 is 5.66 Å². The predicted octanol–water partition coefficient (Wildman–Crippen LogP) is 1.69. The SMILES string of the molecule is CN(C)C1CCC(Nc2ncnc3sc4c(c23)CC(N)(N)C4)CC1. The summed E-state index contributed by atoms with van der Waals surface area (Å²) in [6.45, 7) is 0. The molecule has 1 fully saturated rings. The second-order valence-corrected chi connectivity index (χ2v) is 8.69. The van der Waals surface area contributed by atoms with Gasteiger partial charge in [0, 0.05) is 29.8 Å². The van der Waals surface area contributed by atoms with Crippen molar-refractivity contribution in [3.05, 3.63) is 16.8 Å². The summed E-state index contributed by atoms with van der Waals surface area (Å²) in [6, 6.07) is 1.19. The Bertz CT molecular complexity index is 745. The Morgan fingerprint density at radius 3 is 2.62 bits per heavy atom. The number of nitrogens with zero attached hydrogens (tertiary/aromatic N) is 3. The maximum atomic E-state index is 6.16. The number of fused-ring (bicyclic) bond motifs is 3. The molecule has 130 valence electrons. The molecule has 2 aromatic rings. The van der Waals surface area contributed by atoms with E-state index in [0.717, 1.165) is 22.5 Å². The zero-order valence-corrected chi connectivity index (χ0v) is 15.2. The molecule has 2 aliphatic rings. The lowest BCUT2D eigenvalue weighted by atomic mass is 9.90. The Morgan fingerprint density at radius 1 is 1.17 bits per heavy atom. The minimum atomic E-state index is -0.619. The van der Waals surface area contributed by atoms with Crippen molar-refractivity contribution >= 4 is 27.4 Å². The van der Waals surface area contributed by atoms with E-state index >= 15 is 0 Å². The van der Waals surface area contributed by atoms with Crippen LogP contribution in [0.15, 0.2) is 6.33 Å². The molecule has 2 aliphatic carbocycles. The third-order valence-electron chi connectivity index (χ3n) is 5.43. The molecule has 6 nitrogen and oxygen atoms in total. The van der Waals surface area contributed by atoms with Crippen LogP contribution in [0.3, 0.4) is 0 Å². The summed E-state index contributed by atoms with van der Waals surface area (Å²) in [5, 5.41) is 4.83. The highest BCUT2D eigenvalue weighted by Crippen LogP contribution is 2.41. The van der Waals surface area contributed by atoms with Crippen LogP contribution in [0.5, 0.6) is 0 Å². The minimum Gasteiger partial charge on any atom is -0.367 e. The first-order chi connectivity index (χ1) is 11.4. The van der Waals surface area contributed by atoms with Gasteiger partial charge in [-0.15, -0.1) is 11.3 Å². The lowest BCUT2D eigenvalue weighted by Crippen LogP contribution is -2.50. The van der Waals surface area contributed by atoms with Gasteiger partial charge in [0.25, 0.3) is 0 Å². The van der Waals surface area contributed by atoms with E-state index in [2.05, 4.69) is 34.3 Å². The molecule has 2 heterocycles. The van der Waals surface area contributed by atoms with E-state index in [4.69, 9.17) is 11.5 Å². The fourth-order valence-corrected chi connectivity index (χ4v) is 5.39. The van der Waals surface area contributed by atoms with Crippen LogP contribution in [-0.4, -0.2) is 46.7 Å². The molecule has 0 saturated heterocycles.